The van der Waals surface area contributed by atoms with Crippen LogP contribution in [0.15, 0.2) is 0 Å². The first-order valence-corrected chi connectivity index (χ1v) is 5.37. The maximum absolute atomic E-state index is 9.25. The van der Waals surface area contributed by atoms with E-state index in [-0.39, 0.29) is 6.61 Å². The van der Waals surface area contributed by atoms with Crippen molar-refractivity contribution in [3.05, 3.63) is 5.92 Å². The molecular weight excluding hydrogens is 164 g/mol. The van der Waals surface area contributed by atoms with Crippen LogP contribution in [0.5, 0.6) is 0 Å². The third-order valence-electron chi connectivity index (χ3n) is 2.37. The van der Waals surface area contributed by atoms with Crippen LogP contribution in [-0.4, -0.2) is 22.9 Å². The van der Waals surface area contributed by atoms with Gasteiger partial charge in [-0.3, -0.25) is 0 Å². The lowest BCUT2D eigenvalue weighted by molar-refractivity contribution is 0.0893. The van der Waals surface area contributed by atoms with E-state index < -0.39 is 6.10 Å². The molecule has 0 spiro atoms. The van der Waals surface area contributed by atoms with Crippen LogP contribution >= 0.6 is 0 Å². The molecule has 0 aliphatic heterocycles. The zero-order chi connectivity index (χ0) is 10.1. The summed E-state index contributed by atoms with van der Waals surface area (Å²) in [5.74, 6) is 1.38. The zero-order valence-corrected chi connectivity index (χ0v) is 8.92. The van der Waals surface area contributed by atoms with E-state index in [1.165, 1.54) is 25.2 Å². The molecule has 0 aromatic carbocycles. The Bertz CT molecular complexity index is 104. The molecule has 0 aromatic heterocycles. The maximum atomic E-state index is 9.25. The lowest BCUT2D eigenvalue weighted by Crippen LogP contribution is -2.16. The van der Waals surface area contributed by atoms with Gasteiger partial charge in [0.2, 0.25) is 0 Å². The predicted molar refractivity (Wildman–Crippen MR) is 55.4 cm³/mol. The van der Waals surface area contributed by atoms with Gasteiger partial charge < -0.3 is 10.2 Å². The number of rotatable bonds is 8. The number of unbranched alkanes of at least 4 members (excludes halogenated alkanes) is 2. The highest BCUT2D eigenvalue weighted by Crippen LogP contribution is 2.21. The van der Waals surface area contributed by atoms with Crippen molar-refractivity contribution in [2.75, 3.05) is 6.61 Å². The van der Waals surface area contributed by atoms with Crippen molar-refractivity contribution < 1.29 is 10.2 Å². The molecule has 0 fully saturated rings. The van der Waals surface area contributed by atoms with E-state index in [9.17, 15) is 5.11 Å². The minimum Gasteiger partial charge on any atom is -0.394 e. The summed E-state index contributed by atoms with van der Waals surface area (Å²) in [6, 6.07) is 0. The van der Waals surface area contributed by atoms with E-state index in [2.05, 4.69) is 13.8 Å². The van der Waals surface area contributed by atoms with Crippen molar-refractivity contribution in [2.45, 2.75) is 58.5 Å². The van der Waals surface area contributed by atoms with Crippen LogP contribution < -0.4 is 0 Å². The molecule has 0 bridgehead atoms. The molecule has 2 heteroatoms. The molecule has 0 aliphatic rings. The Morgan fingerprint density at radius 3 is 2.38 bits per heavy atom. The van der Waals surface area contributed by atoms with Crippen LogP contribution in [0.4, 0.5) is 0 Å². The first-order chi connectivity index (χ1) is 6.24. The van der Waals surface area contributed by atoms with Gasteiger partial charge in [0, 0.05) is 0 Å². The molecule has 13 heavy (non-hydrogen) atoms. The molecule has 0 heterocycles. The molecule has 79 valence electrons. The fraction of sp³-hybridized carbons (Fsp3) is 0.909. The summed E-state index contributed by atoms with van der Waals surface area (Å²) < 4.78 is 0. The van der Waals surface area contributed by atoms with Crippen molar-refractivity contribution in [1.29, 1.82) is 0 Å². The van der Waals surface area contributed by atoms with Crippen molar-refractivity contribution >= 4 is 0 Å². The molecule has 0 aromatic rings. The van der Waals surface area contributed by atoms with Gasteiger partial charge in [-0.05, 0) is 25.2 Å². The van der Waals surface area contributed by atoms with E-state index in [0.29, 0.717) is 6.42 Å². The van der Waals surface area contributed by atoms with Crippen molar-refractivity contribution in [1.82, 2.24) is 0 Å². The van der Waals surface area contributed by atoms with Gasteiger partial charge in [-0.1, -0.05) is 33.1 Å². The minimum atomic E-state index is -0.545. The molecule has 0 saturated carbocycles. The largest absolute Gasteiger partial charge is 0.394 e. The number of hydrogen-bond acceptors (Lipinski definition) is 2. The van der Waals surface area contributed by atoms with Crippen LogP contribution in [0.25, 0.3) is 0 Å². The average Bonchev–Trinajstić information content (AvgIpc) is 2.16. The second kappa shape index (κ2) is 8.52. The number of hydrogen-bond donors (Lipinski definition) is 2. The maximum Gasteiger partial charge on any atom is 0.0776 e. The number of aliphatic hydroxyl groups excluding tert-OH is 2. The summed E-state index contributed by atoms with van der Waals surface area (Å²) in [6.07, 6.45) is 5.99. The third-order valence-corrected chi connectivity index (χ3v) is 2.37. The Morgan fingerprint density at radius 2 is 1.92 bits per heavy atom. The van der Waals surface area contributed by atoms with Gasteiger partial charge in [0.15, 0.2) is 0 Å². The smallest absolute Gasteiger partial charge is 0.0776 e. The molecular formula is C11H23O2. The Morgan fingerprint density at radius 1 is 1.23 bits per heavy atom. The summed E-state index contributed by atoms with van der Waals surface area (Å²) in [5.41, 5.74) is 0. The van der Waals surface area contributed by atoms with Gasteiger partial charge >= 0.3 is 0 Å². The highest BCUT2D eigenvalue weighted by atomic mass is 16.3. The Balaban J connectivity index is 3.50. The van der Waals surface area contributed by atoms with Crippen LogP contribution in [0, 0.1) is 5.92 Å². The Kier molecular flexibility index (Phi) is 8.46. The Labute approximate surface area is 82.0 Å². The molecule has 0 rings (SSSR count). The molecule has 0 amide bonds. The first kappa shape index (κ1) is 12.9. The molecule has 2 nitrogen and oxygen atoms in total. The van der Waals surface area contributed by atoms with Gasteiger partial charge in [0.05, 0.1) is 12.7 Å². The SMILES string of the molecule is CCCCC[C](CC)CC(O)CO. The molecule has 1 atom stereocenters. The van der Waals surface area contributed by atoms with Crippen molar-refractivity contribution in [3.8, 4) is 0 Å². The molecule has 2 N–H and O–H groups in total. The molecule has 1 unspecified atom stereocenters. The quantitative estimate of drug-likeness (QED) is 0.572. The van der Waals surface area contributed by atoms with E-state index >= 15 is 0 Å². The van der Waals surface area contributed by atoms with E-state index in [1.807, 2.05) is 0 Å². The average molecular weight is 187 g/mol. The highest BCUT2D eigenvalue weighted by molar-refractivity contribution is 4.90. The topological polar surface area (TPSA) is 40.5 Å². The normalized spacial score (nSPS) is 13.6. The Hall–Kier alpha value is -0.0800. The van der Waals surface area contributed by atoms with Crippen molar-refractivity contribution in [2.24, 2.45) is 0 Å². The highest BCUT2D eigenvalue weighted by Gasteiger charge is 2.11. The first-order valence-electron chi connectivity index (χ1n) is 5.37. The zero-order valence-electron chi connectivity index (χ0n) is 8.92. The molecule has 1 radical (unpaired) electrons. The fourth-order valence-electron chi connectivity index (χ4n) is 1.45. The molecule has 0 saturated heterocycles. The van der Waals surface area contributed by atoms with Gasteiger partial charge in [-0.2, -0.15) is 0 Å². The van der Waals surface area contributed by atoms with Crippen LogP contribution in [0.2, 0.25) is 0 Å². The van der Waals surface area contributed by atoms with Gasteiger partial charge in [-0.25, -0.2) is 0 Å². The summed E-state index contributed by atoms with van der Waals surface area (Å²) in [4.78, 5) is 0. The summed E-state index contributed by atoms with van der Waals surface area (Å²) in [7, 11) is 0. The second-order valence-electron chi connectivity index (χ2n) is 3.60. The monoisotopic (exact) mass is 187 g/mol. The van der Waals surface area contributed by atoms with E-state index in [1.54, 1.807) is 0 Å². The van der Waals surface area contributed by atoms with E-state index in [0.717, 1.165) is 12.8 Å². The molecule has 0 aliphatic carbocycles. The standard InChI is InChI=1S/C11H23O2/c1-3-5-6-7-10(4-2)8-11(13)9-12/h11-13H,3-9H2,1-2H3. The van der Waals surface area contributed by atoms with Gasteiger partial charge in [0.25, 0.3) is 0 Å². The van der Waals surface area contributed by atoms with Crippen LogP contribution in [0.1, 0.15) is 52.4 Å². The van der Waals surface area contributed by atoms with Crippen LogP contribution in [-0.2, 0) is 0 Å². The summed E-state index contributed by atoms with van der Waals surface area (Å²) in [5, 5.41) is 17.9. The number of aliphatic hydroxyl groups is 2. The predicted octanol–water partition coefficient (Wildman–Crippen LogP) is 2.29. The van der Waals surface area contributed by atoms with Gasteiger partial charge in [0.1, 0.15) is 0 Å². The third kappa shape index (κ3) is 7.03. The second-order valence-corrected chi connectivity index (χ2v) is 3.60. The summed E-state index contributed by atoms with van der Waals surface area (Å²) >= 11 is 0. The van der Waals surface area contributed by atoms with E-state index in [4.69, 9.17) is 5.11 Å². The van der Waals surface area contributed by atoms with Crippen molar-refractivity contribution in [3.63, 3.8) is 0 Å². The fourth-order valence-corrected chi connectivity index (χ4v) is 1.45. The summed E-state index contributed by atoms with van der Waals surface area (Å²) in [6.45, 7) is 4.19. The lowest BCUT2D eigenvalue weighted by Gasteiger charge is -2.16. The van der Waals surface area contributed by atoms with Gasteiger partial charge in [-0.15, -0.1) is 0 Å². The minimum absolute atomic E-state index is 0.114. The van der Waals surface area contributed by atoms with Crippen LogP contribution in [0.3, 0.4) is 0 Å². The lowest BCUT2D eigenvalue weighted by atomic mass is 9.93.